The first-order chi connectivity index (χ1) is 12.1. The van der Waals surface area contributed by atoms with Gasteiger partial charge in [-0.3, -0.25) is 4.79 Å². The molecule has 0 aliphatic heterocycles. The minimum atomic E-state index is -0.373. The van der Waals surface area contributed by atoms with Crippen LogP contribution in [0.4, 0.5) is 5.69 Å². The number of carbonyl (C=O) groups excluding carboxylic acids is 2. The molecule has 3 atom stereocenters. The molecule has 2 aliphatic carbocycles. The van der Waals surface area contributed by atoms with E-state index in [1.54, 1.807) is 12.1 Å². The van der Waals surface area contributed by atoms with E-state index in [1.807, 2.05) is 24.3 Å². The van der Waals surface area contributed by atoms with Crippen molar-refractivity contribution in [3.05, 3.63) is 48.6 Å². The third-order valence-corrected chi connectivity index (χ3v) is 4.98. The van der Waals surface area contributed by atoms with Crippen molar-refractivity contribution in [2.75, 3.05) is 5.48 Å². The number of rotatable bonds is 4. The highest BCUT2D eigenvalue weighted by atomic mass is 16.7. The molecule has 0 heterocycles. The molecule has 2 aromatic rings. The average Bonchev–Trinajstić information content (AvgIpc) is 3.24. The molecule has 1 N–H and O–H groups in total. The Kier molecular flexibility index (Phi) is 3.92. The average molecular weight is 337 g/mol. The molecule has 0 amide bonds. The monoisotopic (exact) mass is 337 g/mol. The molecule has 5 nitrogen and oxygen atoms in total. The molecule has 0 aromatic heterocycles. The van der Waals surface area contributed by atoms with E-state index in [4.69, 9.17) is 9.57 Å². The van der Waals surface area contributed by atoms with Crippen molar-refractivity contribution in [3.8, 4) is 5.75 Å². The fourth-order valence-corrected chi connectivity index (χ4v) is 3.84. The summed E-state index contributed by atoms with van der Waals surface area (Å²) in [6, 6.07) is 10.9. The number of hydrogen-bond donors (Lipinski definition) is 1. The smallest absolute Gasteiger partial charge is 0.335 e. The van der Waals surface area contributed by atoms with Crippen LogP contribution in [-0.4, -0.2) is 11.9 Å². The Bertz CT molecular complexity index is 873. The van der Waals surface area contributed by atoms with Crippen LogP contribution < -0.4 is 10.2 Å². The van der Waals surface area contributed by atoms with Gasteiger partial charge < -0.3 is 9.57 Å². The van der Waals surface area contributed by atoms with Gasteiger partial charge in [-0.25, -0.2) is 10.3 Å². The molecule has 0 spiro atoms. The number of allylic oxidation sites excluding steroid dienone is 2. The van der Waals surface area contributed by atoms with Gasteiger partial charge in [0.2, 0.25) is 0 Å². The maximum absolute atomic E-state index is 12.4. The lowest BCUT2D eigenvalue weighted by Crippen LogP contribution is -2.23. The number of anilines is 1. The topological polar surface area (TPSA) is 64.6 Å². The normalized spacial score (nSPS) is 23.6. The Labute approximate surface area is 145 Å². The van der Waals surface area contributed by atoms with Crippen molar-refractivity contribution in [1.29, 1.82) is 0 Å². The standard InChI is InChI=1S/C20H19NO4/c1-12(22)24-19-9-8-18(15-4-2-3-5-16(15)19)21-25-20(23)17-11-13-6-7-14(17)10-13/h2-9,13-14,17,21H,10-11H2,1H3. The predicted octanol–water partition coefficient (Wildman–Crippen LogP) is 3.85. The summed E-state index contributed by atoms with van der Waals surface area (Å²) in [6.07, 6.45) is 6.25. The summed E-state index contributed by atoms with van der Waals surface area (Å²) in [5.74, 6) is 0.660. The van der Waals surface area contributed by atoms with Gasteiger partial charge in [0.1, 0.15) is 5.75 Å². The highest BCUT2D eigenvalue weighted by Crippen LogP contribution is 2.44. The first-order valence-electron chi connectivity index (χ1n) is 8.47. The van der Waals surface area contributed by atoms with Crippen LogP contribution in [0, 0.1) is 17.8 Å². The molecule has 25 heavy (non-hydrogen) atoms. The highest BCUT2D eigenvalue weighted by Gasteiger charge is 2.41. The van der Waals surface area contributed by atoms with Gasteiger partial charge >= 0.3 is 11.9 Å². The summed E-state index contributed by atoms with van der Waals surface area (Å²) in [6.45, 7) is 1.37. The van der Waals surface area contributed by atoms with Crippen LogP contribution in [0.1, 0.15) is 19.8 Å². The van der Waals surface area contributed by atoms with E-state index in [0.29, 0.717) is 23.3 Å². The van der Waals surface area contributed by atoms with Crippen LogP contribution in [-0.2, 0) is 14.4 Å². The van der Waals surface area contributed by atoms with Gasteiger partial charge in [0.25, 0.3) is 0 Å². The SMILES string of the molecule is CC(=O)Oc1ccc(NOC(=O)C2CC3C=CC2C3)c2ccccc12. The molecule has 0 saturated heterocycles. The van der Waals surface area contributed by atoms with Crippen LogP contribution in [0.25, 0.3) is 10.8 Å². The molecule has 5 heteroatoms. The van der Waals surface area contributed by atoms with Crippen molar-refractivity contribution >= 4 is 28.4 Å². The Hall–Kier alpha value is -2.82. The van der Waals surface area contributed by atoms with Crippen molar-refractivity contribution in [3.63, 3.8) is 0 Å². The van der Waals surface area contributed by atoms with Gasteiger partial charge in [0.05, 0.1) is 11.6 Å². The van der Waals surface area contributed by atoms with Gasteiger partial charge in [-0.15, -0.1) is 0 Å². The van der Waals surface area contributed by atoms with Gasteiger partial charge in [-0.1, -0.05) is 36.4 Å². The molecule has 2 aliphatic rings. The Balaban J connectivity index is 1.53. The molecule has 0 radical (unpaired) electrons. The van der Waals surface area contributed by atoms with Crippen LogP contribution in [0.15, 0.2) is 48.6 Å². The maximum Gasteiger partial charge on any atom is 0.335 e. The van der Waals surface area contributed by atoms with Gasteiger partial charge in [-0.05, 0) is 36.8 Å². The van der Waals surface area contributed by atoms with Crippen molar-refractivity contribution in [2.24, 2.45) is 17.8 Å². The zero-order valence-corrected chi connectivity index (χ0v) is 13.9. The summed E-state index contributed by atoms with van der Waals surface area (Å²) < 4.78 is 5.24. The lowest BCUT2D eigenvalue weighted by atomic mass is 9.94. The van der Waals surface area contributed by atoms with Crippen molar-refractivity contribution in [1.82, 2.24) is 0 Å². The van der Waals surface area contributed by atoms with Crippen LogP contribution in [0.3, 0.4) is 0 Å². The predicted molar refractivity (Wildman–Crippen MR) is 93.8 cm³/mol. The molecule has 3 unspecified atom stereocenters. The number of nitrogens with one attached hydrogen (secondary N) is 1. The van der Waals surface area contributed by atoms with Gasteiger partial charge in [0.15, 0.2) is 0 Å². The van der Waals surface area contributed by atoms with Crippen molar-refractivity contribution < 1.29 is 19.2 Å². The van der Waals surface area contributed by atoms with E-state index >= 15 is 0 Å². The first-order valence-corrected chi connectivity index (χ1v) is 8.47. The van der Waals surface area contributed by atoms with Gasteiger partial charge in [0, 0.05) is 17.7 Å². The number of ether oxygens (including phenoxy) is 1. The van der Waals surface area contributed by atoms with Crippen LogP contribution in [0.2, 0.25) is 0 Å². The number of carbonyl (C=O) groups is 2. The minimum absolute atomic E-state index is 0.0610. The number of esters is 1. The molecule has 1 fully saturated rings. The Morgan fingerprint density at radius 2 is 1.84 bits per heavy atom. The van der Waals surface area contributed by atoms with E-state index in [0.717, 1.165) is 23.6 Å². The number of fused-ring (bicyclic) bond motifs is 3. The quantitative estimate of drug-likeness (QED) is 0.397. The molecule has 128 valence electrons. The second kappa shape index (κ2) is 6.24. The second-order valence-corrected chi connectivity index (χ2v) is 6.66. The molecular weight excluding hydrogens is 318 g/mol. The number of hydrogen-bond acceptors (Lipinski definition) is 5. The third-order valence-electron chi connectivity index (χ3n) is 4.98. The first kappa shape index (κ1) is 15.7. The minimum Gasteiger partial charge on any atom is -0.426 e. The zero-order valence-electron chi connectivity index (χ0n) is 13.9. The Morgan fingerprint density at radius 3 is 2.52 bits per heavy atom. The van der Waals surface area contributed by atoms with E-state index in [-0.39, 0.29) is 17.9 Å². The van der Waals surface area contributed by atoms with E-state index < -0.39 is 0 Å². The fourth-order valence-electron chi connectivity index (χ4n) is 3.84. The largest absolute Gasteiger partial charge is 0.426 e. The summed E-state index contributed by atoms with van der Waals surface area (Å²) in [7, 11) is 0. The highest BCUT2D eigenvalue weighted by molar-refractivity contribution is 5.98. The second-order valence-electron chi connectivity index (χ2n) is 6.66. The van der Waals surface area contributed by atoms with Crippen molar-refractivity contribution in [2.45, 2.75) is 19.8 Å². The lowest BCUT2D eigenvalue weighted by Gasteiger charge is -2.17. The molecule has 1 saturated carbocycles. The van der Waals surface area contributed by atoms with Crippen LogP contribution in [0.5, 0.6) is 5.75 Å². The van der Waals surface area contributed by atoms with Gasteiger partial charge in [-0.2, -0.15) is 0 Å². The Morgan fingerprint density at radius 1 is 1.04 bits per heavy atom. The van der Waals surface area contributed by atoms with Crippen LogP contribution >= 0.6 is 0 Å². The maximum atomic E-state index is 12.4. The van der Waals surface area contributed by atoms with E-state index in [9.17, 15) is 9.59 Å². The van der Waals surface area contributed by atoms with E-state index in [2.05, 4.69) is 17.6 Å². The summed E-state index contributed by atoms with van der Waals surface area (Å²) in [4.78, 5) is 29.0. The summed E-state index contributed by atoms with van der Waals surface area (Å²) in [5.41, 5.74) is 3.46. The number of benzene rings is 2. The van der Waals surface area contributed by atoms with E-state index in [1.165, 1.54) is 6.92 Å². The lowest BCUT2D eigenvalue weighted by molar-refractivity contribution is -0.146. The molecule has 2 bridgehead atoms. The molecular formula is C20H19NO4. The summed E-state index contributed by atoms with van der Waals surface area (Å²) in [5, 5.41) is 1.60. The zero-order chi connectivity index (χ0) is 17.4. The fraction of sp³-hybridized carbons (Fsp3) is 0.300. The summed E-state index contributed by atoms with van der Waals surface area (Å²) >= 11 is 0. The third kappa shape index (κ3) is 2.97. The molecule has 4 rings (SSSR count). The molecule has 2 aromatic carbocycles.